The Morgan fingerprint density at radius 3 is 2.55 bits per heavy atom. The van der Waals surface area contributed by atoms with Crippen LogP contribution in [0.3, 0.4) is 0 Å². The van der Waals surface area contributed by atoms with Crippen molar-refractivity contribution in [3.05, 3.63) is 65.1 Å². The van der Waals surface area contributed by atoms with E-state index in [-0.39, 0.29) is 11.4 Å². The highest BCUT2D eigenvalue weighted by Gasteiger charge is 2.22. The minimum atomic E-state index is -3.64. The van der Waals surface area contributed by atoms with E-state index in [1.54, 1.807) is 50.2 Å². The topological polar surface area (TPSA) is 101 Å². The molecule has 3 rings (SSSR count). The van der Waals surface area contributed by atoms with Crippen LogP contribution in [0.2, 0.25) is 0 Å². The van der Waals surface area contributed by atoms with Crippen LogP contribution in [0, 0.1) is 0 Å². The fourth-order valence-corrected chi connectivity index (χ4v) is 4.57. The summed E-state index contributed by atoms with van der Waals surface area (Å²) in [6.07, 6.45) is 1.17. The second-order valence-corrected chi connectivity index (χ2v) is 8.27. The summed E-state index contributed by atoms with van der Waals surface area (Å²) in [4.78, 5) is 28.9. The van der Waals surface area contributed by atoms with E-state index in [4.69, 9.17) is 0 Å². The maximum Gasteiger partial charge on any atom is 0.269 e. The van der Waals surface area contributed by atoms with E-state index in [1.165, 1.54) is 27.2 Å². The molecular formula is C20H22N4O4S. The number of carbonyl (C=O) groups excluding carboxylic acids is 1. The van der Waals surface area contributed by atoms with Gasteiger partial charge in [0, 0.05) is 18.8 Å². The molecule has 0 spiro atoms. The summed E-state index contributed by atoms with van der Waals surface area (Å²) in [6, 6.07) is 13.1. The maximum atomic E-state index is 12.7. The third-order valence-corrected chi connectivity index (χ3v) is 6.56. The van der Waals surface area contributed by atoms with Crippen molar-refractivity contribution in [2.45, 2.75) is 25.3 Å². The lowest BCUT2D eigenvalue weighted by Crippen LogP contribution is -2.30. The average molecular weight is 414 g/mol. The predicted octanol–water partition coefficient (Wildman–Crippen LogP) is 2.07. The summed E-state index contributed by atoms with van der Waals surface area (Å²) in [7, 11) is -3.64. The first-order valence-electron chi connectivity index (χ1n) is 9.21. The number of anilines is 1. The molecule has 0 unspecified atom stereocenters. The van der Waals surface area contributed by atoms with Crippen LogP contribution in [-0.4, -0.2) is 41.3 Å². The number of fused-ring (bicyclic) bond motifs is 1. The number of para-hydroxylation sites is 2. The van der Waals surface area contributed by atoms with Crippen molar-refractivity contribution in [3.8, 4) is 0 Å². The number of hydrogen-bond acceptors (Lipinski definition) is 5. The van der Waals surface area contributed by atoms with Crippen molar-refractivity contribution >= 4 is 32.7 Å². The summed E-state index contributed by atoms with van der Waals surface area (Å²) in [5.41, 5.74) is 1.10. The molecule has 0 fully saturated rings. The van der Waals surface area contributed by atoms with Gasteiger partial charge in [0.25, 0.3) is 5.56 Å². The van der Waals surface area contributed by atoms with Crippen LogP contribution in [-0.2, 0) is 21.4 Å². The summed E-state index contributed by atoms with van der Waals surface area (Å²) < 4.78 is 28.0. The Hall–Kier alpha value is -3.04. The lowest BCUT2D eigenvalue weighted by Gasteiger charge is -2.19. The summed E-state index contributed by atoms with van der Waals surface area (Å²) in [6.45, 7) is 4.03. The van der Waals surface area contributed by atoms with Gasteiger partial charge >= 0.3 is 0 Å². The smallest absolute Gasteiger partial charge is 0.269 e. The van der Waals surface area contributed by atoms with Crippen molar-refractivity contribution < 1.29 is 13.2 Å². The molecule has 0 saturated carbocycles. The van der Waals surface area contributed by atoms with Gasteiger partial charge in [0.2, 0.25) is 15.9 Å². The Bertz CT molecular complexity index is 1200. The molecular weight excluding hydrogens is 392 g/mol. The molecule has 1 heterocycles. The lowest BCUT2D eigenvalue weighted by molar-refractivity contribution is -0.116. The third kappa shape index (κ3) is 4.36. The molecule has 9 heteroatoms. The monoisotopic (exact) mass is 414 g/mol. The number of carbonyl (C=O) groups is 1. The van der Waals surface area contributed by atoms with Crippen LogP contribution in [0.25, 0.3) is 11.0 Å². The molecule has 29 heavy (non-hydrogen) atoms. The molecule has 1 aromatic heterocycles. The summed E-state index contributed by atoms with van der Waals surface area (Å²) in [5.74, 6) is -0.444. The van der Waals surface area contributed by atoms with Crippen LogP contribution in [0.5, 0.6) is 0 Å². The van der Waals surface area contributed by atoms with Crippen molar-refractivity contribution in [1.82, 2.24) is 13.9 Å². The van der Waals surface area contributed by atoms with Crippen LogP contribution in [0.4, 0.5) is 5.69 Å². The third-order valence-electron chi connectivity index (χ3n) is 4.52. The van der Waals surface area contributed by atoms with Gasteiger partial charge in [-0.05, 0) is 30.3 Å². The second kappa shape index (κ2) is 8.54. The van der Waals surface area contributed by atoms with E-state index in [0.717, 1.165) is 0 Å². The maximum absolute atomic E-state index is 12.7. The van der Waals surface area contributed by atoms with Crippen LogP contribution in [0.1, 0.15) is 13.8 Å². The molecule has 0 aliphatic rings. The zero-order valence-electron chi connectivity index (χ0n) is 16.2. The highest BCUT2D eigenvalue weighted by Crippen LogP contribution is 2.19. The van der Waals surface area contributed by atoms with Gasteiger partial charge in [-0.1, -0.05) is 32.0 Å². The predicted molar refractivity (Wildman–Crippen MR) is 111 cm³/mol. The van der Waals surface area contributed by atoms with E-state index in [1.807, 2.05) is 0 Å². The fourth-order valence-electron chi connectivity index (χ4n) is 3.07. The van der Waals surface area contributed by atoms with Gasteiger partial charge in [0.1, 0.15) is 6.54 Å². The highest BCUT2D eigenvalue weighted by molar-refractivity contribution is 7.89. The lowest BCUT2D eigenvalue weighted by atomic mass is 10.3. The molecule has 8 nitrogen and oxygen atoms in total. The van der Waals surface area contributed by atoms with Gasteiger partial charge in [0.05, 0.1) is 22.1 Å². The Morgan fingerprint density at radius 2 is 1.83 bits per heavy atom. The van der Waals surface area contributed by atoms with Crippen molar-refractivity contribution in [3.63, 3.8) is 0 Å². The molecule has 0 radical (unpaired) electrons. The molecule has 1 amide bonds. The first-order valence-corrected chi connectivity index (χ1v) is 10.7. The average Bonchev–Trinajstić information content (AvgIpc) is 2.71. The highest BCUT2D eigenvalue weighted by atomic mass is 32.2. The van der Waals surface area contributed by atoms with Gasteiger partial charge < -0.3 is 5.32 Å². The van der Waals surface area contributed by atoms with Crippen LogP contribution in [0.15, 0.2) is 64.4 Å². The molecule has 0 bridgehead atoms. The Balaban J connectivity index is 1.84. The first-order chi connectivity index (χ1) is 13.9. The quantitative estimate of drug-likeness (QED) is 0.638. The van der Waals surface area contributed by atoms with Crippen molar-refractivity contribution in [2.75, 3.05) is 18.4 Å². The number of nitrogens with one attached hydrogen (secondary N) is 1. The van der Waals surface area contributed by atoms with E-state index in [2.05, 4.69) is 10.3 Å². The standard InChI is InChI=1S/C20H22N4O4S/c1-3-23(4-2)29(27,28)16-9-7-8-15(12-16)22-19(25)14-24-18-11-6-5-10-17(18)21-13-20(24)26/h5-13H,3-4,14H2,1-2H3,(H,22,25). The number of amides is 1. The molecule has 0 aliphatic carbocycles. The Morgan fingerprint density at radius 1 is 1.10 bits per heavy atom. The molecule has 2 aromatic carbocycles. The molecule has 0 aliphatic heterocycles. The van der Waals surface area contributed by atoms with Crippen LogP contribution < -0.4 is 10.9 Å². The van der Waals surface area contributed by atoms with E-state index >= 15 is 0 Å². The summed E-state index contributed by atoms with van der Waals surface area (Å²) in [5, 5.41) is 2.67. The zero-order chi connectivity index (χ0) is 21.0. The first kappa shape index (κ1) is 20.7. The van der Waals surface area contributed by atoms with Gasteiger partial charge in [-0.3, -0.25) is 14.2 Å². The Labute approximate surface area is 168 Å². The minimum Gasteiger partial charge on any atom is -0.324 e. The van der Waals surface area contributed by atoms with Gasteiger partial charge in [-0.2, -0.15) is 4.31 Å². The molecule has 152 valence electrons. The molecule has 1 N–H and O–H groups in total. The number of hydrogen-bond donors (Lipinski definition) is 1. The normalized spacial score (nSPS) is 11.7. The number of benzene rings is 2. The van der Waals surface area contributed by atoms with Crippen LogP contribution >= 0.6 is 0 Å². The summed E-state index contributed by atoms with van der Waals surface area (Å²) >= 11 is 0. The van der Waals surface area contributed by atoms with Gasteiger partial charge in [-0.25, -0.2) is 13.4 Å². The number of nitrogens with zero attached hydrogens (tertiary/aromatic N) is 3. The number of sulfonamides is 1. The largest absolute Gasteiger partial charge is 0.324 e. The number of rotatable bonds is 7. The van der Waals surface area contributed by atoms with Gasteiger partial charge in [-0.15, -0.1) is 0 Å². The molecule has 3 aromatic rings. The van der Waals surface area contributed by atoms with E-state index < -0.39 is 21.5 Å². The zero-order valence-corrected chi connectivity index (χ0v) is 17.0. The van der Waals surface area contributed by atoms with Gasteiger partial charge in [0.15, 0.2) is 0 Å². The van der Waals surface area contributed by atoms with Crippen molar-refractivity contribution in [2.24, 2.45) is 0 Å². The Kier molecular flexibility index (Phi) is 6.09. The minimum absolute atomic E-state index is 0.102. The molecule has 0 saturated heterocycles. The van der Waals surface area contributed by atoms with E-state index in [9.17, 15) is 18.0 Å². The molecule has 0 atom stereocenters. The fraction of sp³-hybridized carbons (Fsp3) is 0.250. The van der Waals surface area contributed by atoms with Crippen molar-refractivity contribution in [1.29, 1.82) is 0 Å². The SMILES string of the molecule is CCN(CC)S(=O)(=O)c1cccc(NC(=O)Cn2c(=O)cnc3ccccc32)c1. The second-order valence-electron chi connectivity index (χ2n) is 6.34. The number of aromatic nitrogens is 2. The van der Waals surface area contributed by atoms with E-state index in [0.29, 0.717) is 29.8 Å².